The third-order valence-electron chi connectivity index (χ3n) is 3.88. The van der Waals surface area contributed by atoms with E-state index in [2.05, 4.69) is 21.9 Å². The second-order valence-electron chi connectivity index (χ2n) is 6.00. The highest BCUT2D eigenvalue weighted by atomic mass is 35.5. The fourth-order valence-electron chi connectivity index (χ4n) is 2.54. The number of carbonyl (C=O) groups is 2. The fraction of sp³-hybridized carbons (Fsp3) is 0.222. The number of anilines is 1. The van der Waals surface area contributed by atoms with Gasteiger partial charge in [-0.05, 0) is 18.2 Å². The summed E-state index contributed by atoms with van der Waals surface area (Å²) in [5, 5.41) is 4.10. The molecule has 2 aromatic rings. The van der Waals surface area contributed by atoms with Gasteiger partial charge in [0.25, 0.3) is 0 Å². The largest absolute Gasteiger partial charge is 0.416 e. The molecule has 0 spiro atoms. The van der Waals surface area contributed by atoms with E-state index in [-0.39, 0.29) is 29.6 Å². The lowest BCUT2D eigenvalue weighted by molar-refractivity contribution is -0.137. The van der Waals surface area contributed by atoms with E-state index in [4.69, 9.17) is 11.6 Å². The van der Waals surface area contributed by atoms with E-state index < -0.39 is 22.9 Å². The van der Waals surface area contributed by atoms with Crippen LogP contribution in [0.15, 0.2) is 47.4 Å². The first-order valence-electron chi connectivity index (χ1n) is 8.42. The molecule has 2 amide bonds. The Morgan fingerprint density at radius 1 is 1.43 bits per heavy atom. The molecule has 1 aliphatic rings. The highest BCUT2D eigenvalue weighted by Gasteiger charge is 2.39. The van der Waals surface area contributed by atoms with Crippen molar-refractivity contribution in [1.29, 1.82) is 0 Å². The predicted molar refractivity (Wildman–Crippen MR) is 112 cm³/mol. The van der Waals surface area contributed by atoms with Crippen molar-refractivity contribution in [3.63, 3.8) is 0 Å². The highest BCUT2D eigenvalue weighted by Crippen LogP contribution is 2.35. The Morgan fingerprint density at radius 2 is 2.20 bits per heavy atom. The van der Waals surface area contributed by atoms with Gasteiger partial charge in [-0.3, -0.25) is 14.5 Å². The molecule has 6 nitrogen and oxygen atoms in total. The van der Waals surface area contributed by atoms with Crippen LogP contribution in [0, 0.1) is 0 Å². The summed E-state index contributed by atoms with van der Waals surface area (Å²) in [5.41, 5.74) is -1.12. The highest BCUT2D eigenvalue weighted by molar-refractivity contribution is 8.15. The number of aliphatic imine (C=N–C) groups is 1. The second-order valence-corrected chi connectivity index (χ2v) is 8.45. The molecule has 1 fully saturated rings. The first-order chi connectivity index (χ1) is 14.2. The molecule has 1 aliphatic heterocycles. The van der Waals surface area contributed by atoms with Crippen LogP contribution in [0.2, 0.25) is 5.02 Å². The molecular formula is C18H14ClF3N4O2S2. The van der Waals surface area contributed by atoms with Crippen LogP contribution in [-0.4, -0.2) is 38.7 Å². The van der Waals surface area contributed by atoms with Crippen LogP contribution in [0.3, 0.4) is 0 Å². The number of carbonyl (C=O) groups excluding carboxylic acids is 2. The Bertz CT molecular complexity index is 996. The maximum absolute atomic E-state index is 12.9. The average molecular weight is 475 g/mol. The maximum atomic E-state index is 12.9. The number of halogens is 4. The van der Waals surface area contributed by atoms with Crippen LogP contribution < -0.4 is 5.32 Å². The number of amides is 2. The van der Waals surface area contributed by atoms with E-state index in [1.165, 1.54) is 22.3 Å². The monoisotopic (exact) mass is 474 g/mol. The maximum Gasteiger partial charge on any atom is 0.416 e. The predicted octanol–water partition coefficient (Wildman–Crippen LogP) is 4.96. The summed E-state index contributed by atoms with van der Waals surface area (Å²) in [4.78, 5) is 34.8. The molecule has 1 saturated heterocycles. The third-order valence-corrected chi connectivity index (χ3v) is 6.05. The molecular weight excluding hydrogens is 461 g/mol. The number of thioether (sulfide) groups is 1. The van der Waals surface area contributed by atoms with Crippen LogP contribution in [0.25, 0.3) is 0 Å². The molecule has 1 aromatic carbocycles. The molecule has 2 heterocycles. The Morgan fingerprint density at radius 3 is 2.83 bits per heavy atom. The van der Waals surface area contributed by atoms with Crippen molar-refractivity contribution in [3.8, 4) is 0 Å². The van der Waals surface area contributed by atoms with Crippen molar-refractivity contribution in [3.05, 3.63) is 53.0 Å². The summed E-state index contributed by atoms with van der Waals surface area (Å²) in [5.74, 6) is -0.989. The molecule has 0 radical (unpaired) electrons. The first-order valence-corrected chi connectivity index (χ1v) is 10.6. The molecule has 30 heavy (non-hydrogen) atoms. The van der Waals surface area contributed by atoms with Crippen molar-refractivity contribution in [1.82, 2.24) is 9.88 Å². The summed E-state index contributed by atoms with van der Waals surface area (Å²) < 4.78 is 38.7. The van der Waals surface area contributed by atoms with E-state index in [1.807, 2.05) is 0 Å². The molecule has 1 aromatic heterocycles. The normalized spacial score (nSPS) is 18.1. The number of aromatic nitrogens is 1. The third kappa shape index (κ3) is 5.21. The molecule has 0 bridgehead atoms. The lowest BCUT2D eigenvalue weighted by Gasteiger charge is -2.14. The number of hydrogen-bond acceptors (Lipinski definition) is 6. The minimum atomic E-state index is -4.58. The summed E-state index contributed by atoms with van der Waals surface area (Å²) in [6.45, 7) is 3.81. The number of hydrogen-bond donors (Lipinski definition) is 1. The van der Waals surface area contributed by atoms with Crippen molar-refractivity contribution in [2.24, 2.45) is 4.99 Å². The Hall–Kier alpha value is -2.37. The van der Waals surface area contributed by atoms with Crippen molar-refractivity contribution >= 4 is 62.5 Å². The summed E-state index contributed by atoms with van der Waals surface area (Å²) in [7, 11) is 0. The zero-order chi connectivity index (χ0) is 21.9. The molecule has 1 atom stereocenters. The van der Waals surface area contributed by atoms with Crippen LogP contribution in [0.4, 0.5) is 24.0 Å². The topological polar surface area (TPSA) is 74.7 Å². The van der Waals surface area contributed by atoms with Gasteiger partial charge in [-0.2, -0.15) is 18.2 Å². The molecule has 158 valence electrons. The van der Waals surface area contributed by atoms with Gasteiger partial charge in [0.15, 0.2) is 5.17 Å². The standard InChI is InChI=1S/C18H14ClF3N4O2S2/c1-2-6-26-15(28)13(30-17(26)25-16-23-5-7-29-16)9-14(27)24-12-8-10(18(20,21)22)3-4-11(12)19/h2-5,7-8,13H,1,6,9H2,(H,24,27). The molecule has 0 saturated carbocycles. The van der Waals surface area contributed by atoms with Gasteiger partial charge in [0.1, 0.15) is 5.25 Å². The van der Waals surface area contributed by atoms with E-state index in [0.29, 0.717) is 10.3 Å². The van der Waals surface area contributed by atoms with E-state index in [9.17, 15) is 22.8 Å². The number of alkyl halides is 3. The number of thiazole rings is 1. The van der Waals surface area contributed by atoms with Crippen molar-refractivity contribution in [2.75, 3.05) is 11.9 Å². The summed E-state index contributed by atoms with van der Waals surface area (Å²) in [6, 6.07) is 2.63. The second kappa shape index (κ2) is 9.19. The first kappa shape index (κ1) is 22.3. The van der Waals surface area contributed by atoms with Gasteiger partial charge < -0.3 is 5.32 Å². The minimum absolute atomic E-state index is 0.0407. The SMILES string of the molecule is C=CCN1C(=O)C(CC(=O)Nc2cc(C(F)(F)F)ccc2Cl)SC1=Nc1nccs1. The summed E-state index contributed by atoms with van der Waals surface area (Å²) >= 11 is 8.28. The quantitative estimate of drug-likeness (QED) is 0.600. The van der Waals surface area contributed by atoms with Crippen LogP contribution >= 0.6 is 34.7 Å². The van der Waals surface area contributed by atoms with Gasteiger partial charge in [-0.25, -0.2) is 4.98 Å². The van der Waals surface area contributed by atoms with Crippen LogP contribution in [0.5, 0.6) is 0 Å². The Labute approximate surface area is 182 Å². The fourth-order valence-corrected chi connectivity index (χ4v) is 4.42. The number of amidine groups is 1. The van der Waals surface area contributed by atoms with Gasteiger partial charge >= 0.3 is 6.18 Å². The summed E-state index contributed by atoms with van der Waals surface area (Å²) in [6.07, 6.45) is -1.73. The van der Waals surface area contributed by atoms with E-state index in [0.717, 1.165) is 30.0 Å². The van der Waals surface area contributed by atoms with Gasteiger partial charge in [0.2, 0.25) is 16.9 Å². The zero-order valence-corrected chi connectivity index (χ0v) is 17.5. The van der Waals surface area contributed by atoms with E-state index in [1.54, 1.807) is 11.6 Å². The van der Waals surface area contributed by atoms with Crippen molar-refractivity contribution in [2.45, 2.75) is 17.8 Å². The van der Waals surface area contributed by atoms with Gasteiger partial charge in [-0.15, -0.1) is 17.9 Å². The Balaban J connectivity index is 1.74. The number of nitrogens with zero attached hydrogens (tertiary/aromatic N) is 3. The van der Waals surface area contributed by atoms with Gasteiger partial charge in [-0.1, -0.05) is 29.4 Å². The molecule has 12 heteroatoms. The minimum Gasteiger partial charge on any atom is -0.325 e. The molecule has 3 rings (SSSR count). The van der Waals surface area contributed by atoms with Crippen LogP contribution in [-0.2, 0) is 15.8 Å². The lowest BCUT2D eigenvalue weighted by atomic mass is 10.2. The number of rotatable bonds is 6. The zero-order valence-electron chi connectivity index (χ0n) is 15.1. The smallest absolute Gasteiger partial charge is 0.325 e. The number of nitrogens with one attached hydrogen (secondary N) is 1. The molecule has 1 N–H and O–H groups in total. The molecule has 1 unspecified atom stereocenters. The van der Waals surface area contributed by atoms with Gasteiger partial charge in [0, 0.05) is 24.5 Å². The molecule has 0 aliphatic carbocycles. The van der Waals surface area contributed by atoms with Crippen molar-refractivity contribution < 1.29 is 22.8 Å². The van der Waals surface area contributed by atoms with E-state index >= 15 is 0 Å². The van der Waals surface area contributed by atoms with Gasteiger partial charge in [0.05, 0.1) is 16.3 Å². The van der Waals surface area contributed by atoms with Crippen LogP contribution in [0.1, 0.15) is 12.0 Å². The lowest BCUT2D eigenvalue weighted by Crippen LogP contribution is -2.33. The Kier molecular flexibility index (Phi) is 6.84. The average Bonchev–Trinajstić information content (AvgIpc) is 3.27. The number of benzene rings is 1.